The van der Waals surface area contributed by atoms with Crippen LogP contribution < -0.4 is 5.32 Å². The van der Waals surface area contributed by atoms with Crippen LogP contribution in [0.15, 0.2) is 47.1 Å². The molecule has 0 amide bonds. The molecule has 0 fully saturated rings. The first-order valence-corrected chi connectivity index (χ1v) is 6.89. The number of nitrogens with one attached hydrogen (secondary N) is 1. The number of hydrogen-bond donors (Lipinski definition) is 1. The van der Waals surface area contributed by atoms with E-state index < -0.39 is 0 Å². The predicted molar refractivity (Wildman–Crippen MR) is 79.1 cm³/mol. The summed E-state index contributed by atoms with van der Waals surface area (Å²) in [5.41, 5.74) is 2.72. The summed E-state index contributed by atoms with van der Waals surface area (Å²) < 4.78 is 5.46. The summed E-state index contributed by atoms with van der Waals surface area (Å²) in [7, 11) is 0. The van der Waals surface area contributed by atoms with Crippen molar-refractivity contribution in [3.05, 3.63) is 59.5 Å². The SMILES string of the molecule is Cc1ccoc1CNC(C)(C)CCc1ccccc1. The second-order valence-corrected chi connectivity index (χ2v) is 5.75. The number of aryl methyl sites for hydroxylation is 2. The Labute approximate surface area is 115 Å². The van der Waals surface area contributed by atoms with Gasteiger partial charge in [0, 0.05) is 5.54 Å². The second kappa shape index (κ2) is 6.07. The third-order valence-corrected chi connectivity index (χ3v) is 3.58. The highest BCUT2D eigenvalue weighted by Gasteiger charge is 2.17. The van der Waals surface area contributed by atoms with Crippen LogP contribution in [0.4, 0.5) is 0 Å². The molecule has 0 aliphatic rings. The highest BCUT2D eigenvalue weighted by Crippen LogP contribution is 2.16. The van der Waals surface area contributed by atoms with Gasteiger partial charge in [-0.2, -0.15) is 0 Å². The van der Waals surface area contributed by atoms with Crippen LogP contribution in [0.5, 0.6) is 0 Å². The molecular weight excluding hydrogens is 234 g/mol. The van der Waals surface area contributed by atoms with E-state index in [1.54, 1.807) is 6.26 Å². The van der Waals surface area contributed by atoms with E-state index in [0.29, 0.717) is 0 Å². The molecule has 0 aliphatic carbocycles. The Bertz CT molecular complexity index is 499. The van der Waals surface area contributed by atoms with Crippen LogP contribution in [-0.2, 0) is 13.0 Å². The summed E-state index contributed by atoms with van der Waals surface area (Å²) in [4.78, 5) is 0. The molecule has 0 saturated carbocycles. The number of rotatable bonds is 6. The molecule has 1 aromatic carbocycles. The first kappa shape index (κ1) is 13.9. The molecule has 19 heavy (non-hydrogen) atoms. The van der Waals surface area contributed by atoms with E-state index in [4.69, 9.17) is 4.42 Å². The summed E-state index contributed by atoms with van der Waals surface area (Å²) in [5, 5.41) is 3.58. The van der Waals surface area contributed by atoms with Gasteiger partial charge in [0.05, 0.1) is 12.8 Å². The van der Waals surface area contributed by atoms with Crippen molar-refractivity contribution in [3.8, 4) is 0 Å². The van der Waals surface area contributed by atoms with Gasteiger partial charge in [0.2, 0.25) is 0 Å². The minimum atomic E-state index is 0.106. The van der Waals surface area contributed by atoms with Crippen molar-refractivity contribution >= 4 is 0 Å². The fourth-order valence-corrected chi connectivity index (χ4v) is 2.09. The van der Waals surface area contributed by atoms with Crippen LogP contribution >= 0.6 is 0 Å². The van der Waals surface area contributed by atoms with E-state index in [1.165, 1.54) is 11.1 Å². The minimum absolute atomic E-state index is 0.106. The maximum atomic E-state index is 5.46. The number of benzene rings is 1. The van der Waals surface area contributed by atoms with Crippen molar-refractivity contribution in [2.45, 2.75) is 45.7 Å². The maximum Gasteiger partial charge on any atom is 0.120 e. The van der Waals surface area contributed by atoms with Crippen LogP contribution in [0.3, 0.4) is 0 Å². The standard InChI is InChI=1S/C17H23NO/c1-14-10-12-19-16(14)13-18-17(2,3)11-9-15-7-5-4-6-8-15/h4-8,10,12,18H,9,11,13H2,1-3H3. The highest BCUT2D eigenvalue weighted by molar-refractivity contribution is 5.16. The zero-order valence-corrected chi connectivity index (χ0v) is 12.1. The van der Waals surface area contributed by atoms with Gasteiger partial charge in [0.25, 0.3) is 0 Å². The fraction of sp³-hybridized carbons (Fsp3) is 0.412. The van der Waals surface area contributed by atoms with Crippen LogP contribution in [0.1, 0.15) is 37.2 Å². The zero-order chi connectivity index (χ0) is 13.7. The Balaban J connectivity index is 1.83. The van der Waals surface area contributed by atoms with Crippen molar-refractivity contribution < 1.29 is 4.42 Å². The summed E-state index contributed by atoms with van der Waals surface area (Å²) in [5.74, 6) is 1.03. The third-order valence-electron chi connectivity index (χ3n) is 3.58. The lowest BCUT2D eigenvalue weighted by Crippen LogP contribution is -2.39. The molecule has 0 saturated heterocycles. The van der Waals surface area contributed by atoms with Crippen molar-refractivity contribution in [3.63, 3.8) is 0 Å². The molecular formula is C17H23NO. The minimum Gasteiger partial charge on any atom is -0.468 e. The molecule has 0 atom stereocenters. The quantitative estimate of drug-likeness (QED) is 0.843. The largest absolute Gasteiger partial charge is 0.468 e. The van der Waals surface area contributed by atoms with E-state index in [9.17, 15) is 0 Å². The summed E-state index contributed by atoms with van der Waals surface area (Å²) in [6.07, 6.45) is 3.96. The Morgan fingerprint density at radius 3 is 2.47 bits per heavy atom. The molecule has 2 rings (SSSR count). The van der Waals surface area contributed by atoms with Crippen LogP contribution in [0.25, 0.3) is 0 Å². The molecule has 102 valence electrons. The Hall–Kier alpha value is -1.54. The van der Waals surface area contributed by atoms with Crippen molar-refractivity contribution in [2.24, 2.45) is 0 Å². The van der Waals surface area contributed by atoms with Gasteiger partial charge in [-0.3, -0.25) is 0 Å². The van der Waals surface area contributed by atoms with Crippen molar-refractivity contribution in [1.82, 2.24) is 5.32 Å². The Morgan fingerprint density at radius 2 is 1.84 bits per heavy atom. The average molecular weight is 257 g/mol. The molecule has 0 aliphatic heterocycles. The molecule has 2 heteroatoms. The molecule has 2 aromatic rings. The smallest absolute Gasteiger partial charge is 0.120 e. The molecule has 1 aromatic heterocycles. The van der Waals surface area contributed by atoms with E-state index in [1.807, 2.05) is 6.07 Å². The van der Waals surface area contributed by atoms with Crippen molar-refractivity contribution in [1.29, 1.82) is 0 Å². The van der Waals surface area contributed by atoms with E-state index in [0.717, 1.165) is 25.1 Å². The Morgan fingerprint density at radius 1 is 1.11 bits per heavy atom. The van der Waals surface area contributed by atoms with Gasteiger partial charge in [0.15, 0.2) is 0 Å². The van der Waals surface area contributed by atoms with Gasteiger partial charge in [-0.1, -0.05) is 30.3 Å². The highest BCUT2D eigenvalue weighted by atomic mass is 16.3. The second-order valence-electron chi connectivity index (χ2n) is 5.75. The van der Waals surface area contributed by atoms with E-state index in [2.05, 4.69) is 56.4 Å². The van der Waals surface area contributed by atoms with Crippen molar-refractivity contribution in [2.75, 3.05) is 0 Å². The first-order valence-electron chi connectivity index (χ1n) is 6.89. The topological polar surface area (TPSA) is 25.2 Å². The number of furan rings is 1. The lowest BCUT2D eigenvalue weighted by atomic mass is 9.95. The van der Waals surface area contributed by atoms with Gasteiger partial charge in [-0.25, -0.2) is 0 Å². The number of hydrogen-bond acceptors (Lipinski definition) is 2. The zero-order valence-electron chi connectivity index (χ0n) is 12.1. The fourth-order valence-electron chi connectivity index (χ4n) is 2.09. The lowest BCUT2D eigenvalue weighted by Gasteiger charge is -2.26. The van der Waals surface area contributed by atoms with Gasteiger partial charge in [-0.15, -0.1) is 0 Å². The van der Waals surface area contributed by atoms with Gasteiger partial charge in [0.1, 0.15) is 5.76 Å². The maximum absolute atomic E-state index is 5.46. The molecule has 1 N–H and O–H groups in total. The molecule has 0 bridgehead atoms. The summed E-state index contributed by atoms with van der Waals surface area (Å²) in [6, 6.07) is 12.6. The van der Waals surface area contributed by atoms with Gasteiger partial charge < -0.3 is 9.73 Å². The molecule has 1 heterocycles. The molecule has 0 unspecified atom stereocenters. The van der Waals surface area contributed by atoms with Gasteiger partial charge >= 0.3 is 0 Å². The molecule has 2 nitrogen and oxygen atoms in total. The average Bonchev–Trinajstić information content (AvgIpc) is 2.81. The normalized spacial score (nSPS) is 11.7. The molecule has 0 spiro atoms. The molecule has 0 radical (unpaired) electrons. The van der Waals surface area contributed by atoms with Crippen LogP contribution in [0.2, 0.25) is 0 Å². The van der Waals surface area contributed by atoms with E-state index in [-0.39, 0.29) is 5.54 Å². The van der Waals surface area contributed by atoms with E-state index >= 15 is 0 Å². The first-order chi connectivity index (χ1) is 9.07. The third kappa shape index (κ3) is 4.25. The summed E-state index contributed by atoms with van der Waals surface area (Å²) in [6.45, 7) is 7.36. The van der Waals surface area contributed by atoms with Gasteiger partial charge in [-0.05, 0) is 50.8 Å². The van der Waals surface area contributed by atoms with Crippen LogP contribution in [0, 0.1) is 6.92 Å². The predicted octanol–water partition coefficient (Wildman–Crippen LogP) is 4.09. The Kier molecular flexibility index (Phi) is 4.43. The summed E-state index contributed by atoms with van der Waals surface area (Å²) >= 11 is 0. The lowest BCUT2D eigenvalue weighted by molar-refractivity contribution is 0.340. The van der Waals surface area contributed by atoms with Crippen LogP contribution in [-0.4, -0.2) is 5.54 Å². The monoisotopic (exact) mass is 257 g/mol.